The Labute approximate surface area is 87.6 Å². The fraction of sp³-hybridized carbons (Fsp3) is 1.00. The molecule has 0 bridgehead atoms. The van der Waals surface area contributed by atoms with Crippen LogP contribution in [0.15, 0.2) is 0 Å². The normalized spacial score (nSPS) is 12.9. The predicted molar refractivity (Wildman–Crippen MR) is 59.8 cm³/mol. The molecule has 4 nitrogen and oxygen atoms in total. The summed E-state index contributed by atoms with van der Waals surface area (Å²) >= 11 is 0. The number of hydrogen-bond acceptors (Lipinski definition) is 3. The smallest absolute Gasteiger partial charge is 0.261 e. The lowest BCUT2D eigenvalue weighted by Gasteiger charge is -2.09. The Morgan fingerprint density at radius 2 is 1.79 bits per heavy atom. The molecule has 0 aliphatic carbocycles. The van der Waals surface area contributed by atoms with E-state index in [1.165, 1.54) is 25.7 Å². The minimum atomic E-state index is -3.67. The van der Waals surface area contributed by atoms with Gasteiger partial charge in [0.15, 0.2) is 0 Å². The van der Waals surface area contributed by atoms with Crippen molar-refractivity contribution in [3.63, 3.8) is 0 Å². The van der Waals surface area contributed by atoms with Gasteiger partial charge in [0.2, 0.25) is 0 Å². The molecule has 0 amide bonds. The molecular formula is C9H23NO3S. The highest BCUT2D eigenvalue weighted by Crippen LogP contribution is 2.09. The molecule has 0 saturated carbocycles. The Morgan fingerprint density at radius 1 is 1.36 bits per heavy atom. The van der Waals surface area contributed by atoms with Gasteiger partial charge in [-0.2, -0.15) is 8.42 Å². The average Bonchev–Trinajstić information content (AvgIpc) is 2.04. The molecule has 0 fully saturated rings. The van der Waals surface area contributed by atoms with Crippen LogP contribution in [0.3, 0.4) is 0 Å². The van der Waals surface area contributed by atoms with E-state index in [9.17, 15) is 8.42 Å². The summed E-state index contributed by atoms with van der Waals surface area (Å²) in [5, 5.41) is 0. The standard InChI is InChI=1S/C8H19N.CH4O3S/c1-3-5-6-8(4-2)7-9;1-5(2,3)4/h8H,3-7,9H2,1-2H3;1H3,(H,2,3,4). The summed E-state index contributed by atoms with van der Waals surface area (Å²) in [5.41, 5.74) is 5.52. The van der Waals surface area contributed by atoms with Crippen molar-refractivity contribution in [2.45, 2.75) is 39.5 Å². The van der Waals surface area contributed by atoms with Crippen LogP contribution >= 0.6 is 0 Å². The summed E-state index contributed by atoms with van der Waals surface area (Å²) in [7, 11) is -3.67. The number of nitrogens with two attached hydrogens (primary N) is 1. The Balaban J connectivity index is 0. The molecular weight excluding hydrogens is 202 g/mol. The Kier molecular flexibility index (Phi) is 11.0. The molecule has 0 radical (unpaired) electrons. The second-order valence-electron chi connectivity index (χ2n) is 3.39. The third-order valence-corrected chi connectivity index (χ3v) is 1.88. The number of unbranched alkanes of at least 4 members (excludes halogenated alkanes) is 1. The van der Waals surface area contributed by atoms with Crippen LogP contribution in [0.25, 0.3) is 0 Å². The van der Waals surface area contributed by atoms with Crippen LogP contribution in [-0.4, -0.2) is 25.8 Å². The zero-order valence-corrected chi connectivity index (χ0v) is 10.2. The van der Waals surface area contributed by atoms with Gasteiger partial charge in [-0.05, 0) is 18.9 Å². The van der Waals surface area contributed by atoms with Gasteiger partial charge in [0.25, 0.3) is 10.1 Å². The molecule has 88 valence electrons. The molecule has 0 saturated heterocycles. The predicted octanol–water partition coefficient (Wildman–Crippen LogP) is 1.67. The summed E-state index contributed by atoms with van der Waals surface area (Å²) in [4.78, 5) is 0. The lowest BCUT2D eigenvalue weighted by Crippen LogP contribution is -2.12. The maximum atomic E-state index is 9.19. The molecule has 14 heavy (non-hydrogen) atoms. The highest BCUT2D eigenvalue weighted by atomic mass is 32.2. The Bertz CT molecular complexity index is 190. The molecule has 1 unspecified atom stereocenters. The van der Waals surface area contributed by atoms with Gasteiger partial charge in [-0.1, -0.05) is 33.1 Å². The molecule has 0 aliphatic rings. The van der Waals surface area contributed by atoms with Crippen LogP contribution < -0.4 is 5.73 Å². The zero-order chi connectivity index (χ0) is 11.6. The summed E-state index contributed by atoms with van der Waals surface area (Å²) < 4.78 is 25.9. The van der Waals surface area contributed by atoms with Crippen LogP contribution in [0.4, 0.5) is 0 Å². The van der Waals surface area contributed by atoms with Crippen molar-refractivity contribution in [3.05, 3.63) is 0 Å². The third kappa shape index (κ3) is 22.6. The van der Waals surface area contributed by atoms with E-state index in [2.05, 4.69) is 13.8 Å². The van der Waals surface area contributed by atoms with Gasteiger partial charge in [0.1, 0.15) is 0 Å². The van der Waals surface area contributed by atoms with E-state index < -0.39 is 10.1 Å². The monoisotopic (exact) mass is 225 g/mol. The molecule has 0 aromatic carbocycles. The molecule has 0 aromatic heterocycles. The average molecular weight is 225 g/mol. The van der Waals surface area contributed by atoms with Crippen molar-refractivity contribution in [1.82, 2.24) is 0 Å². The molecule has 1 atom stereocenters. The van der Waals surface area contributed by atoms with Crippen molar-refractivity contribution in [3.8, 4) is 0 Å². The van der Waals surface area contributed by atoms with Crippen LogP contribution in [0.5, 0.6) is 0 Å². The first kappa shape index (κ1) is 16.3. The van der Waals surface area contributed by atoms with Gasteiger partial charge in [0, 0.05) is 0 Å². The van der Waals surface area contributed by atoms with Gasteiger partial charge in [-0.3, -0.25) is 4.55 Å². The van der Waals surface area contributed by atoms with Gasteiger partial charge >= 0.3 is 0 Å². The van der Waals surface area contributed by atoms with E-state index in [0.29, 0.717) is 6.26 Å². The molecule has 3 N–H and O–H groups in total. The van der Waals surface area contributed by atoms with Gasteiger partial charge in [-0.25, -0.2) is 0 Å². The van der Waals surface area contributed by atoms with Crippen LogP contribution in [0.1, 0.15) is 39.5 Å². The number of hydrogen-bond donors (Lipinski definition) is 2. The first-order valence-electron chi connectivity index (χ1n) is 4.97. The maximum absolute atomic E-state index is 9.19. The largest absolute Gasteiger partial charge is 0.330 e. The van der Waals surface area contributed by atoms with Gasteiger partial charge in [-0.15, -0.1) is 0 Å². The highest BCUT2D eigenvalue weighted by molar-refractivity contribution is 7.85. The SMILES string of the molecule is CCCCC(CC)CN.CS(=O)(=O)O. The lowest BCUT2D eigenvalue weighted by molar-refractivity contribution is 0.461. The fourth-order valence-electron chi connectivity index (χ4n) is 0.981. The molecule has 0 heterocycles. The van der Waals surface area contributed by atoms with E-state index in [1.807, 2.05) is 0 Å². The second-order valence-corrected chi connectivity index (χ2v) is 4.85. The number of rotatable bonds is 5. The fourth-order valence-corrected chi connectivity index (χ4v) is 0.981. The van der Waals surface area contributed by atoms with E-state index in [0.717, 1.165) is 12.5 Å². The molecule has 0 aromatic rings. The van der Waals surface area contributed by atoms with Crippen molar-refractivity contribution < 1.29 is 13.0 Å². The van der Waals surface area contributed by atoms with E-state index >= 15 is 0 Å². The summed E-state index contributed by atoms with van der Waals surface area (Å²) in [6.07, 6.45) is 5.93. The minimum absolute atomic E-state index is 0.715. The summed E-state index contributed by atoms with van der Waals surface area (Å²) in [5.74, 6) is 0.782. The summed E-state index contributed by atoms with van der Waals surface area (Å²) in [6, 6.07) is 0. The molecule has 5 heteroatoms. The maximum Gasteiger partial charge on any atom is 0.261 e. The lowest BCUT2D eigenvalue weighted by atomic mass is 10.00. The van der Waals surface area contributed by atoms with Crippen LogP contribution in [-0.2, 0) is 10.1 Å². The summed E-state index contributed by atoms with van der Waals surface area (Å²) in [6.45, 7) is 5.31. The second kappa shape index (κ2) is 9.43. The van der Waals surface area contributed by atoms with Gasteiger partial charge < -0.3 is 5.73 Å². The van der Waals surface area contributed by atoms with Crippen molar-refractivity contribution >= 4 is 10.1 Å². The van der Waals surface area contributed by atoms with Crippen molar-refractivity contribution in [1.29, 1.82) is 0 Å². The molecule has 0 rings (SSSR count). The van der Waals surface area contributed by atoms with Crippen LogP contribution in [0.2, 0.25) is 0 Å². The van der Waals surface area contributed by atoms with Gasteiger partial charge in [0.05, 0.1) is 6.26 Å². The van der Waals surface area contributed by atoms with Crippen molar-refractivity contribution in [2.24, 2.45) is 11.7 Å². The van der Waals surface area contributed by atoms with E-state index in [1.54, 1.807) is 0 Å². The third-order valence-electron chi connectivity index (χ3n) is 1.88. The highest BCUT2D eigenvalue weighted by Gasteiger charge is 2.00. The quantitative estimate of drug-likeness (QED) is 0.697. The first-order valence-corrected chi connectivity index (χ1v) is 6.82. The topological polar surface area (TPSA) is 80.4 Å². The Morgan fingerprint density at radius 3 is 2.00 bits per heavy atom. The molecule has 0 spiro atoms. The molecule has 0 aliphatic heterocycles. The van der Waals surface area contributed by atoms with Crippen LogP contribution in [0, 0.1) is 5.92 Å². The van der Waals surface area contributed by atoms with Crippen molar-refractivity contribution in [2.75, 3.05) is 12.8 Å². The first-order chi connectivity index (χ1) is 6.35. The van der Waals surface area contributed by atoms with E-state index in [4.69, 9.17) is 10.3 Å². The minimum Gasteiger partial charge on any atom is -0.330 e. The van der Waals surface area contributed by atoms with E-state index in [-0.39, 0.29) is 0 Å². The Hall–Kier alpha value is -0.130. The zero-order valence-electron chi connectivity index (χ0n) is 9.36.